The molecule has 4 N–H and O–H groups in total. The molecule has 0 fully saturated rings. The SMILES string of the molecule is CC(C)c1cc(C(=O)NCCc2ccc(N=C(N)c3cccs3)cc2)c(O)c(C(C)C)c1. The molecule has 1 aromatic heterocycles. The molecule has 168 valence electrons. The Morgan fingerprint density at radius 3 is 2.41 bits per heavy atom. The second-order valence-corrected chi connectivity index (χ2v) is 9.41. The number of carbonyl (C=O) groups excluding carboxylic acids is 1. The summed E-state index contributed by atoms with van der Waals surface area (Å²) in [5.41, 5.74) is 10.1. The average Bonchev–Trinajstić information content (AvgIpc) is 3.29. The van der Waals surface area contributed by atoms with Gasteiger partial charge in [-0.2, -0.15) is 0 Å². The number of hydrogen-bond acceptors (Lipinski definition) is 4. The summed E-state index contributed by atoms with van der Waals surface area (Å²) in [4.78, 5) is 18.2. The van der Waals surface area contributed by atoms with Gasteiger partial charge in [0.2, 0.25) is 0 Å². The zero-order valence-electron chi connectivity index (χ0n) is 19.1. The fourth-order valence-electron chi connectivity index (χ4n) is 3.40. The Bertz CT molecular complexity index is 1090. The zero-order chi connectivity index (χ0) is 23.3. The Morgan fingerprint density at radius 2 is 1.81 bits per heavy atom. The van der Waals surface area contributed by atoms with Crippen LogP contribution >= 0.6 is 11.3 Å². The van der Waals surface area contributed by atoms with Crippen LogP contribution in [0.25, 0.3) is 0 Å². The van der Waals surface area contributed by atoms with E-state index in [1.807, 2.05) is 61.7 Å². The highest BCUT2D eigenvalue weighted by Crippen LogP contribution is 2.33. The number of hydrogen-bond donors (Lipinski definition) is 3. The van der Waals surface area contributed by atoms with Gasteiger partial charge in [-0.15, -0.1) is 11.3 Å². The molecule has 0 bridgehead atoms. The molecule has 32 heavy (non-hydrogen) atoms. The lowest BCUT2D eigenvalue weighted by atomic mass is 9.91. The van der Waals surface area contributed by atoms with Crippen molar-refractivity contribution >= 4 is 28.8 Å². The summed E-state index contributed by atoms with van der Waals surface area (Å²) in [6.07, 6.45) is 0.678. The van der Waals surface area contributed by atoms with Gasteiger partial charge in [0.05, 0.1) is 16.1 Å². The van der Waals surface area contributed by atoms with Crippen LogP contribution in [0.4, 0.5) is 5.69 Å². The molecular weight excluding hydrogens is 418 g/mol. The molecule has 2 aromatic carbocycles. The second kappa shape index (κ2) is 10.5. The number of rotatable bonds is 8. The van der Waals surface area contributed by atoms with Crippen molar-refractivity contribution < 1.29 is 9.90 Å². The van der Waals surface area contributed by atoms with Crippen molar-refractivity contribution in [2.24, 2.45) is 10.7 Å². The molecule has 0 spiro atoms. The number of nitrogens with one attached hydrogen (secondary N) is 1. The summed E-state index contributed by atoms with van der Waals surface area (Å²) in [5.74, 6) is 0.735. The Labute approximate surface area is 194 Å². The summed E-state index contributed by atoms with van der Waals surface area (Å²) in [6.45, 7) is 8.67. The molecule has 0 atom stereocenters. The largest absolute Gasteiger partial charge is 0.507 e. The van der Waals surface area contributed by atoms with Crippen LogP contribution in [-0.4, -0.2) is 23.4 Å². The summed E-state index contributed by atoms with van der Waals surface area (Å²) in [5, 5.41) is 15.6. The van der Waals surface area contributed by atoms with Crippen molar-refractivity contribution in [3.05, 3.63) is 81.0 Å². The molecule has 0 aliphatic heterocycles. The van der Waals surface area contributed by atoms with Crippen LogP contribution in [0, 0.1) is 0 Å². The quantitative estimate of drug-likeness (QED) is 0.304. The van der Waals surface area contributed by atoms with Crippen molar-refractivity contribution in [1.82, 2.24) is 5.32 Å². The van der Waals surface area contributed by atoms with Gasteiger partial charge in [0.1, 0.15) is 11.6 Å². The van der Waals surface area contributed by atoms with Gasteiger partial charge >= 0.3 is 0 Å². The Hall–Kier alpha value is -3.12. The smallest absolute Gasteiger partial charge is 0.255 e. The number of nitrogens with zero attached hydrogens (tertiary/aromatic N) is 1. The minimum Gasteiger partial charge on any atom is -0.507 e. The molecule has 0 saturated carbocycles. The summed E-state index contributed by atoms with van der Waals surface area (Å²) < 4.78 is 0. The van der Waals surface area contributed by atoms with E-state index in [9.17, 15) is 9.90 Å². The Balaban J connectivity index is 1.63. The van der Waals surface area contributed by atoms with Gasteiger partial charge in [-0.1, -0.05) is 52.0 Å². The number of amides is 1. The predicted octanol–water partition coefficient (Wildman–Crippen LogP) is 5.71. The highest BCUT2D eigenvalue weighted by molar-refractivity contribution is 7.12. The van der Waals surface area contributed by atoms with Crippen molar-refractivity contribution in [3.8, 4) is 5.75 Å². The molecule has 0 aliphatic rings. The molecule has 3 rings (SSSR count). The molecule has 0 aliphatic carbocycles. The van der Waals surface area contributed by atoms with Crippen LogP contribution in [0.15, 0.2) is 58.9 Å². The van der Waals surface area contributed by atoms with Crippen LogP contribution in [0.3, 0.4) is 0 Å². The van der Waals surface area contributed by atoms with Crippen LogP contribution < -0.4 is 11.1 Å². The Morgan fingerprint density at radius 1 is 1.09 bits per heavy atom. The van der Waals surface area contributed by atoms with Gasteiger partial charge in [0.15, 0.2) is 0 Å². The topological polar surface area (TPSA) is 87.7 Å². The third-order valence-corrected chi connectivity index (χ3v) is 6.25. The summed E-state index contributed by atoms with van der Waals surface area (Å²) >= 11 is 1.56. The molecule has 0 unspecified atom stereocenters. The number of aromatic hydroxyl groups is 1. The molecule has 1 heterocycles. The average molecular weight is 450 g/mol. The van der Waals surface area contributed by atoms with E-state index in [2.05, 4.69) is 24.2 Å². The number of carbonyl (C=O) groups is 1. The minimum absolute atomic E-state index is 0.0763. The number of thiophene rings is 1. The van der Waals surface area contributed by atoms with Gasteiger partial charge in [-0.25, -0.2) is 4.99 Å². The van der Waals surface area contributed by atoms with E-state index in [-0.39, 0.29) is 23.5 Å². The van der Waals surface area contributed by atoms with E-state index in [0.717, 1.165) is 27.3 Å². The maximum Gasteiger partial charge on any atom is 0.255 e. The van der Waals surface area contributed by atoms with Gasteiger partial charge in [-0.3, -0.25) is 4.79 Å². The number of phenols is 1. The Kier molecular flexibility index (Phi) is 7.70. The first-order chi connectivity index (χ1) is 15.3. The van der Waals surface area contributed by atoms with E-state index in [0.29, 0.717) is 24.4 Å². The summed E-state index contributed by atoms with van der Waals surface area (Å²) in [7, 11) is 0. The number of nitrogens with two attached hydrogens (primary N) is 1. The standard InChI is InChI=1S/C26H31N3O2S/c1-16(2)19-14-21(17(3)4)24(30)22(15-19)26(31)28-12-11-18-7-9-20(10-8-18)29-25(27)23-6-5-13-32-23/h5-10,13-17,30H,11-12H2,1-4H3,(H2,27,29)(H,28,31). The maximum absolute atomic E-state index is 12.8. The van der Waals surface area contributed by atoms with E-state index < -0.39 is 0 Å². The lowest BCUT2D eigenvalue weighted by molar-refractivity contribution is 0.0951. The highest BCUT2D eigenvalue weighted by Gasteiger charge is 2.19. The minimum atomic E-state index is -0.253. The number of amidine groups is 1. The zero-order valence-corrected chi connectivity index (χ0v) is 19.9. The van der Waals surface area contributed by atoms with Crippen LogP contribution in [0.2, 0.25) is 0 Å². The lowest BCUT2D eigenvalue weighted by Crippen LogP contribution is -2.26. The van der Waals surface area contributed by atoms with Crippen molar-refractivity contribution in [3.63, 3.8) is 0 Å². The number of aliphatic imine (C=N–C) groups is 1. The third kappa shape index (κ3) is 5.77. The normalized spacial score (nSPS) is 11.9. The van der Waals surface area contributed by atoms with Gasteiger partial charge in [0.25, 0.3) is 5.91 Å². The second-order valence-electron chi connectivity index (χ2n) is 8.46. The molecular formula is C26H31N3O2S. The lowest BCUT2D eigenvalue weighted by Gasteiger charge is -2.17. The molecule has 0 saturated heterocycles. The van der Waals surface area contributed by atoms with E-state index in [4.69, 9.17) is 5.73 Å². The van der Waals surface area contributed by atoms with Gasteiger partial charge in [-0.05, 0) is 64.6 Å². The molecule has 6 heteroatoms. The first-order valence-corrected chi connectivity index (χ1v) is 11.8. The fraction of sp³-hybridized carbons (Fsp3) is 0.308. The molecule has 0 radical (unpaired) electrons. The van der Waals surface area contributed by atoms with Crippen LogP contribution in [0.1, 0.15) is 71.5 Å². The molecule has 3 aromatic rings. The third-order valence-electron chi connectivity index (χ3n) is 5.35. The van der Waals surface area contributed by atoms with E-state index in [1.165, 1.54) is 0 Å². The van der Waals surface area contributed by atoms with Gasteiger partial charge < -0.3 is 16.2 Å². The molecule has 5 nitrogen and oxygen atoms in total. The van der Waals surface area contributed by atoms with Gasteiger partial charge in [0, 0.05) is 6.54 Å². The molecule has 1 amide bonds. The van der Waals surface area contributed by atoms with Crippen molar-refractivity contribution in [2.75, 3.05) is 6.54 Å². The maximum atomic E-state index is 12.8. The first-order valence-electron chi connectivity index (χ1n) is 10.9. The van der Waals surface area contributed by atoms with Crippen molar-refractivity contribution in [2.45, 2.75) is 46.0 Å². The number of phenolic OH excluding ortho intramolecular Hbond substituents is 1. The monoisotopic (exact) mass is 449 g/mol. The first kappa shape index (κ1) is 23.5. The van der Waals surface area contributed by atoms with E-state index >= 15 is 0 Å². The van der Waals surface area contributed by atoms with E-state index in [1.54, 1.807) is 17.4 Å². The fourth-order valence-corrected chi connectivity index (χ4v) is 4.03. The van der Waals surface area contributed by atoms with Crippen LogP contribution in [0.5, 0.6) is 5.75 Å². The van der Waals surface area contributed by atoms with Crippen molar-refractivity contribution in [1.29, 1.82) is 0 Å². The summed E-state index contributed by atoms with van der Waals surface area (Å²) in [6, 6.07) is 15.5. The van der Waals surface area contributed by atoms with Crippen LogP contribution in [-0.2, 0) is 6.42 Å². The highest BCUT2D eigenvalue weighted by atomic mass is 32.1. The number of benzene rings is 2. The predicted molar refractivity (Wildman–Crippen MR) is 133 cm³/mol.